The van der Waals surface area contributed by atoms with Gasteiger partial charge in [-0.1, -0.05) is 81.4 Å². The van der Waals surface area contributed by atoms with Crippen molar-refractivity contribution in [3.8, 4) is 0 Å². The Hall–Kier alpha value is -3.01. The third kappa shape index (κ3) is 4.59. The van der Waals surface area contributed by atoms with Crippen LogP contribution >= 0.6 is 0 Å². The van der Waals surface area contributed by atoms with Crippen LogP contribution in [0.4, 0.5) is 17.8 Å². The van der Waals surface area contributed by atoms with Crippen LogP contribution in [0.2, 0.25) is 5.04 Å². The van der Waals surface area contributed by atoms with Gasteiger partial charge in [0.15, 0.2) is 0 Å². The number of benzene rings is 2. The van der Waals surface area contributed by atoms with Crippen LogP contribution in [0.1, 0.15) is 20.8 Å². The van der Waals surface area contributed by atoms with Crippen LogP contribution < -0.4 is 32.7 Å². The molecule has 1 heterocycles. The topological polar surface area (TPSA) is 124 Å². The average Bonchev–Trinajstić information content (AvgIpc) is 2.74. The van der Waals surface area contributed by atoms with Gasteiger partial charge < -0.3 is 15.5 Å². The minimum atomic E-state index is -2.57. The molecular formula is C21H29N7OSi. The molecule has 0 aliphatic rings. The average molecular weight is 424 g/mol. The first-order valence-electron chi connectivity index (χ1n) is 9.84. The molecular weight excluding hydrogens is 394 g/mol. The molecule has 0 saturated carbocycles. The van der Waals surface area contributed by atoms with Crippen molar-refractivity contribution < 1.29 is 4.43 Å². The molecule has 0 fully saturated rings. The van der Waals surface area contributed by atoms with Gasteiger partial charge in [-0.05, 0) is 15.4 Å². The highest BCUT2D eigenvalue weighted by atomic mass is 28.4. The second-order valence-electron chi connectivity index (χ2n) is 7.92. The molecule has 0 amide bonds. The smallest absolute Gasteiger partial charge is 0.261 e. The molecule has 0 bridgehead atoms. The predicted molar refractivity (Wildman–Crippen MR) is 124 cm³/mol. The van der Waals surface area contributed by atoms with E-state index in [1.807, 2.05) is 12.1 Å². The Morgan fingerprint density at radius 3 is 1.90 bits per heavy atom. The lowest BCUT2D eigenvalue weighted by atomic mass is 10.2. The van der Waals surface area contributed by atoms with Crippen molar-refractivity contribution in [2.75, 3.05) is 29.6 Å². The molecule has 0 unspecified atom stereocenters. The molecule has 0 aliphatic heterocycles. The Morgan fingerprint density at radius 2 is 1.40 bits per heavy atom. The van der Waals surface area contributed by atoms with Crippen LogP contribution in [-0.2, 0) is 4.43 Å². The van der Waals surface area contributed by atoms with Gasteiger partial charge in [-0.15, -0.1) is 0 Å². The third-order valence-electron chi connectivity index (χ3n) is 4.90. The molecule has 3 rings (SSSR count). The highest BCUT2D eigenvalue weighted by molar-refractivity contribution is 6.99. The molecule has 8 nitrogen and oxygen atoms in total. The van der Waals surface area contributed by atoms with E-state index in [1.165, 1.54) is 10.4 Å². The highest BCUT2D eigenvalue weighted by Crippen LogP contribution is 2.36. The SMILES string of the molecule is CC(C)(C)[Si](OCCNc1nc(N)nc(NN)n1)(c1ccccc1)c1ccccc1. The Morgan fingerprint density at radius 1 is 0.867 bits per heavy atom. The maximum atomic E-state index is 6.81. The van der Waals surface area contributed by atoms with E-state index in [2.05, 4.69) is 95.0 Å². The van der Waals surface area contributed by atoms with Crippen molar-refractivity contribution in [3.63, 3.8) is 0 Å². The number of nitrogens with two attached hydrogens (primary N) is 2. The number of rotatable bonds is 8. The van der Waals surface area contributed by atoms with Crippen molar-refractivity contribution in [1.82, 2.24) is 15.0 Å². The molecule has 0 aliphatic carbocycles. The Balaban J connectivity index is 1.86. The van der Waals surface area contributed by atoms with Gasteiger partial charge in [0, 0.05) is 6.54 Å². The Kier molecular flexibility index (Phi) is 6.65. The molecule has 6 N–H and O–H groups in total. The van der Waals surface area contributed by atoms with E-state index in [1.54, 1.807) is 0 Å². The summed E-state index contributed by atoms with van der Waals surface area (Å²) >= 11 is 0. The van der Waals surface area contributed by atoms with Crippen molar-refractivity contribution in [2.45, 2.75) is 25.8 Å². The van der Waals surface area contributed by atoms with E-state index < -0.39 is 8.32 Å². The summed E-state index contributed by atoms with van der Waals surface area (Å²) in [6.07, 6.45) is 0. The zero-order chi connectivity index (χ0) is 21.6. The normalized spacial score (nSPS) is 11.9. The van der Waals surface area contributed by atoms with E-state index in [0.29, 0.717) is 19.1 Å². The number of hydrogen-bond acceptors (Lipinski definition) is 8. The number of aromatic nitrogens is 3. The van der Waals surface area contributed by atoms with Crippen molar-refractivity contribution in [3.05, 3.63) is 60.7 Å². The molecule has 0 spiro atoms. The van der Waals surface area contributed by atoms with Gasteiger partial charge in [-0.25, -0.2) is 5.84 Å². The minimum Gasteiger partial charge on any atom is -0.406 e. The maximum absolute atomic E-state index is 6.81. The van der Waals surface area contributed by atoms with Gasteiger partial charge in [0.25, 0.3) is 8.32 Å². The summed E-state index contributed by atoms with van der Waals surface area (Å²) in [6, 6.07) is 21.0. The third-order valence-corrected chi connectivity index (χ3v) is 9.94. The monoisotopic (exact) mass is 423 g/mol. The lowest BCUT2D eigenvalue weighted by Crippen LogP contribution is -2.66. The summed E-state index contributed by atoms with van der Waals surface area (Å²) in [5, 5.41) is 5.54. The van der Waals surface area contributed by atoms with Crippen LogP contribution in [0.5, 0.6) is 0 Å². The van der Waals surface area contributed by atoms with E-state index in [9.17, 15) is 0 Å². The zero-order valence-corrected chi connectivity index (χ0v) is 18.6. The first-order valence-corrected chi connectivity index (χ1v) is 11.7. The fourth-order valence-electron chi connectivity index (χ4n) is 3.66. The van der Waals surface area contributed by atoms with Gasteiger partial charge in [-0.3, -0.25) is 5.43 Å². The van der Waals surface area contributed by atoms with Gasteiger partial charge >= 0.3 is 0 Å². The molecule has 1 aromatic heterocycles. The molecule has 2 aromatic carbocycles. The van der Waals surface area contributed by atoms with Gasteiger partial charge in [0.1, 0.15) is 0 Å². The first kappa shape index (κ1) is 21.7. The second-order valence-corrected chi connectivity index (χ2v) is 12.2. The highest BCUT2D eigenvalue weighted by Gasteiger charge is 2.49. The lowest BCUT2D eigenvalue weighted by Gasteiger charge is -2.43. The molecule has 30 heavy (non-hydrogen) atoms. The molecule has 0 saturated heterocycles. The van der Waals surface area contributed by atoms with Crippen LogP contribution in [0, 0.1) is 0 Å². The van der Waals surface area contributed by atoms with E-state index >= 15 is 0 Å². The fraction of sp³-hybridized carbons (Fsp3) is 0.286. The number of nitrogen functional groups attached to an aromatic ring is 2. The standard InChI is InChI=1S/C21H29N7OSi/c1-21(2,3)30(16-10-6-4-7-11-16,17-12-8-5-9-13-17)29-15-14-24-19-25-18(22)26-20(27-19)28-23/h4-13H,14-15,23H2,1-3H3,(H4,22,24,25,26,27,28). The lowest BCUT2D eigenvalue weighted by molar-refractivity contribution is 0.311. The number of nitrogens with zero attached hydrogens (tertiary/aromatic N) is 3. The van der Waals surface area contributed by atoms with Crippen molar-refractivity contribution >= 4 is 36.5 Å². The van der Waals surface area contributed by atoms with E-state index in [-0.39, 0.29) is 16.9 Å². The number of nitrogens with one attached hydrogen (secondary N) is 2. The minimum absolute atomic E-state index is 0.0794. The second kappa shape index (κ2) is 9.20. The number of anilines is 3. The molecule has 9 heteroatoms. The van der Waals surface area contributed by atoms with Crippen molar-refractivity contribution in [2.24, 2.45) is 5.84 Å². The summed E-state index contributed by atoms with van der Waals surface area (Å²) in [7, 11) is -2.57. The summed E-state index contributed by atoms with van der Waals surface area (Å²) in [4.78, 5) is 12.1. The zero-order valence-electron chi connectivity index (χ0n) is 17.6. The van der Waals surface area contributed by atoms with Gasteiger partial charge in [0.2, 0.25) is 17.8 Å². The van der Waals surface area contributed by atoms with Crippen LogP contribution in [0.3, 0.4) is 0 Å². The predicted octanol–water partition coefficient (Wildman–Crippen LogP) is 1.73. The van der Waals surface area contributed by atoms with Crippen molar-refractivity contribution in [1.29, 1.82) is 0 Å². The molecule has 0 radical (unpaired) electrons. The molecule has 0 atom stereocenters. The largest absolute Gasteiger partial charge is 0.406 e. The van der Waals surface area contributed by atoms with Crippen LogP contribution in [0.25, 0.3) is 0 Å². The van der Waals surface area contributed by atoms with Crippen LogP contribution in [0.15, 0.2) is 60.7 Å². The quantitative estimate of drug-likeness (QED) is 0.187. The first-order chi connectivity index (χ1) is 14.4. The number of hydrazine groups is 1. The number of hydrogen-bond donors (Lipinski definition) is 4. The Bertz CT molecular complexity index is 909. The maximum Gasteiger partial charge on any atom is 0.261 e. The fourth-order valence-corrected chi connectivity index (χ4v) is 8.23. The van der Waals surface area contributed by atoms with Gasteiger partial charge in [-0.2, -0.15) is 15.0 Å². The molecule has 3 aromatic rings. The van der Waals surface area contributed by atoms with Gasteiger partial charge in [0.05, 0.1) is 6.61 Å². The van der Waals surface area contributed by atoms with Crippen LogP contribution in [-0.4, -0.2) is 36.4 Å². The molecule has 158 valence electrons. The Labute approximate surface area is 178 Å². The summed E-state index contributed by atoms with van der Waals surface area (Å²) in [5.41, 5.74) is 8.07. The summed E-state index contributed by atoms with van der Waals surface area (Å²) < 4.78 is 6.81. The summed E-state index contributed by atoms with van der Waals surface area (Å²) in [6.45, 7) is 7.73. The van der Waals surface area contributed by atoms with E-state index in [4.69, 9.17) is 16.0 Å². The van der Waals surface area contributed by atoms with E-state index in [0.717, 1.165) is 0 Å². The summed E-state index contributed by atoms with van der Waals surface area (Å²) in [5.74, 6) is 6.02.